The van der Waals surface area contributed by atoms with Gasteiger partial charge < -0.3 is 15.1 Å². The molecule has 1 N–H and O–H groups in total. The number of carbonyl (C=O) groups excluding carboxylic acids is 1. The lowest BCUT2D eigenvalue weighted by molar-refractivity contribution is -0.128. The Balaban J connectivity index is 1.51. The number of likely N-dealkylation sites (tertiary alicyclic amines) is 1. The summed E-state index contributed by atoms with van der Waals surface area (Å²) >= 11 is 0. The molecule has 1 amide bonds. The number of nitrogens with one attached hydrogen (secondary N) is 1. The van der Waals surface area contributed by atoms with Crippen LogP contribution in [0.15, 0.2) is 24.5 Å². The zero-order chi connectivity index (χ0) is 13.9. The quantitative estimate of drug-likeness (QED) is 0.888. The van der Waals surface area contributed by atoms with Crippen LogP contribution >= 0.6 is 0 Å². The van der Waals surface area contributed by atoms with Crippen molar-refractivity contribution in [2.45, 2.75) is 31.3 Å². The fourth-order valence-corrected chi connectivity index (χ4v) is 3.12. The minimum atomic E-state index is 0.0393. The van der Waals surface area contributed by atoms with Crippen molar-refractivity contribution < 1.29 is 4.79 Å². The first-order chi connectivity index (χ1) is 9.74. The third-order valence-electron chi connectivity index (χ3n) is 4.39. The molecule has 2 fully saturated rings. The van der Waals surface area contributed by atoms with Crippen molar-refractivity contribution in [1.29, 1.82) is 0 Å². The summed E-state index contributed by atoms with van der Waals surface area (Å²) in [4.78, 5) is 20.2. The van der Waals surface area contributed by atoms with Gasteiger partial charge in [0, 0.05) is 50.8 Å². The zero-order valence-corrected chi connectivity index (χ0v) is 12.0. The molecule has 0 saturated carbocycles. The molecule has 2 aliphatic rings. The van der Waals surface area contributed by atoms with Gasteiger partial charge in [-0.15, -0.1) is 0 Å². The van der Waals surface area contributed by atoms with E-state index in [4.69, 9.17) is 0 Å². The molecule has 2 saturated heterocycles. The van der Waals surface area contributed by atoms with E-state index in [2.05, 4.69) is 27.3 Å². The van der Waals surface area contributed by atoms with Crippen LogP contribution in [0.25, 0.3) is 0 Å². The summed E-state index contributed by atoms with van der Waals surface area (Å²) < 4.78 is 0. The van der Waals surface area contributed by atoms with Crippen LogP contribution in [0.4, 0.5) is 5.69 Å². The Morgan fingerprint density at radius 1 is 1.15 bits per heavy atom. The van der Waals surface area contributed by atoms with Crippen molar-refractivity contribution in [2.24, 2.45) is 0 Å². The molecule has 108 valence electrons. The first-order valence-electron chi connectivity index (χ1n) is 7.40. The molecule has 0 bridgehead atoms. The zero-order valence-electron chi connectivity index (χ0n) is 12.0. The van der Waals surface area contributed by atoms with Crippen molar-refractivity contribution in [2.75, 3.05) is 31.6 Å². The highest BCUT2D eigenvalue weighted by atomic mass is 16.2. The summed E-state index contributed by atoms with van der Waals surface area (Å²) in [7, 11) is 1.88. The minimum Gasteiger partial charge on any atom is -0.371 e. The van der Waals surface area contributed by atoms with E-state index in [1.54, 1.807) is 0 Å². The molecule has 1 aromatic heterocycles. The van der Waals surface area contributed by atoms with Crippen molar-refractivity contribution in [3.63, 3.8) is 0 Å². The van der Waals surface area contributed by atoms with E-state index in [1.165, 1.54) is 5.69 Å². The summed E-state index contributed by atoms with van der Waals surface area (Å²) in [6, 6.07) is 4.62. The van der Waals surface area contributed by atoms with E-state index in [0.29, 0.717) is 6.04 Å². The van der Waals surface area contributed by atoms with Crippen LogP contribution in [0.2, 0.25) is 0 Å². The molecule has 0 aliphatic carbocycles. The fourth-order valence-electron chi connectivity index (χ4n) is 3.12. The maximum Gasteiger partial charge on any atom is 0.239 e. The van der Waals surface area contributed by atoms with Gasteiger partial charge in [-0.25, -0.2) is 0 Å². The van der Waals surface area contributed by atoms with Crippen LogP contribution in [-0.2, 0) is 4.79 Å². The molecule has 3 heterocycles. The van der Waals surface area contributed by atoms with Gasteiger partial charge >= 0.3 is 0 Å². The van der Waals surface area contributed by atoms with Crippen molar-refractivity contribution in [3.05, 3.63) is 24.5 Å². The number of hydrogen-bond donors (Lipinski definition) is 1. The molecular formula is C15H22N4O. The van der Waals surface area contributed by atoms with Gasteiger partial charge in [-0.1, -0.05) is 0 Å². The predicted octanol–water partition coefficient (Wildman–Crippen LogP) is 0.871. The molecule has 1 unspecified atom stereocenters. The lowest BCUT2D eigenvalue weighted by Gasteiger charge is -2.34. The molecule has 2 aliphatic heterocycles. The summed E-state index contributed by atoms with van der Waals surface area (Å²) in [6.07, 6.45) is 6.81. The summed E-state index contributed by atoms with van der Waals surface area (Å²) in [6.45, 7) is 2.96. The van der Waals surface area contributed by atoms with Crippen LogP contribution < -0.4 is 10.2 Å². The second kappa shape index (κ2) is 5.79. The predicted molar refractivity (Wildman–Crippen MR) is 78.6 cm³/mol. The Kier molecular flexibility index (Phi) is 3.87. The number of aromatic nitrogens is 1. The number of likely N-dealkylation sites (N-methyl/N-ethyl adjacent to an activating group) is 1. The highest BCUT2D eigenvalue weighted by Crippen LogP contribution is 2.20. The van der Waals surface area contributed by atoms with Crippen LogP contribution in [0, 0.1) is 0 Å². The highest BCUT2D eigenvalue weighted by molar-refractivity contribution is 5.83. The monoisotopic (exact) mass is 274 g/mol. The van der Waals surface area contributed by atoms with E-state index in [9.17, 15) is 4.79 Å². The lowest BCUT2D eigenvalue weighted by atomic mass is 10.0. The summed E-state index contributed by atoms with van der Waals surface area (Å²) in [5, 5.41) is 3.54. The molecule has 0 spiro atoms. The smallest absolute Gasteiger partial charge is 0.239 e. The largest absolute Gasteiger partial charge is 0.371 e. The first kappa shape index (κ1) is 13.4. The number of nitrogens with zero attached hydrogens (tertiary/aromatic N) is 3. The van der Waals surface area contributed by atoms with Gasteiger partial charge in [0.25, 0.3) is 0 Å². The molecule has 3 rings (SSSR count). The van der Waals surface area contributed by atoms with Crippen LogP contribution in [0.3, 0.4) is 0 Å². The Bertz CT molecular complexity index is 456. The lowest BCUT2D eigenvalue weighted by Crippen LogP contribution is -2.48. The van der Waals surface area contributed by atoms with Crippen LogP contribution in [0.5, 0.6) is 0 Å². The SMILES string of the molecule is CN1CCC(NC2CCN(c3ccncc3)CC2)C1=O. The molecule has 5 nitrogen and oxygen atoms in total. The molecule has 0 aromatic carbocycles. The Hall–Kier alpha value is -1.62. The van der Waals surface area contributed by atoms with E-state index in [1.807, 2.05) is 24.3 Å². The van der Waals surface area contributed by atoms with E-state index >= 15 is 0 Å². The number of carbonyl (C=O) groups is 1. The standard InChI is InChI=1S/C15H22N4O/c1-18-9-6-14(15(18)20)17-12-4-10-19(11-5-12)13-2-7-16-8-3-13/h2-3,7-8,12,14,17H,4-6,9-11H2,1H3. The average molecular weight is 274 g/mol. The van der Waals surface area contributed by atoms with E-state index in [0.717, 1.165) is 38.9 Å². The number of pyridine rings is 1. The van der Waals surface area contributed by atoms with E-state index < -0.39 is 0 Å². The topological polar surface area (TPSA) is 48.5 Å². The van der Waals surface area contributed by atoms with Crippen LogP contribution in [0.1, 0.15) is 19.3 Å². The van der Waals surface area contributed by atoms with E-state index in [-0.39, 0.29) is 11.9 Å². The molecule has 0 radical (unpaired) electrons. The maximum absolute atomic E-state index is 11.9. The second-order valence-corrected chi connectivity index (χ2v) is 5.73. The van der Waals surface area contributed by atoms with Gasteiger partial charge in [0.05, 0.1) is 6.04 Å². The van der Waals surface area contributed by atoms with Gasteiger partial charge in [-0.05, 0) is 31.4 Å². The van der Waals surface area contributed by atoms with Gasteiger partial charge in [0.1, 0.15) is 0 Å². The molecule has 5 heteroatoms. The van der Waals surface area contributed by atoms with Gasteiger partial charge in [0.15, 0.2) is 0 Å². The van der Waals surface area contributed by atoms with Gasteiger partial charge in [-0.2, -0.15) is 0 Å². The van der Waals surface area contributed by atoms with Crippen molar-refractivity contribution in [3.8, 4) is 0 Å². The van der Waals surface area contributed by atoms with Crippen molar-refractivity contribution in [1.82, 2.24) is 15.2 Å². The third kappa shape index (κ3) is 2.77. The Labute approximate surface area is 120 Å². The fraction of sp³-hybridized carbons (Fsp3) is 0.600. The number of hydrogen-bond acceptors (Lipinski definition) is 4. The first-order valence-corrected chi connectivity index (χ1v) is 7.40. The second-order valence-electron chi connectivity index (χ2n) is 5.73. The van der Waals surface area contributed by atoms with Crippen LogP contribution in [-0.4, -0.2) is 54.6 Å². The summed E-state index contributed by atoms with van der Waals surface area (Å²) in [5.74, 6) is 0.251. The Morgan fingerprint density at radius 2 is 1.85 bits per heavy atom. The third-order valence-corrected chi connectivity index (χ3v) is 4.39. The number of amides is 1. The van der Waals surface area contributed by atoms with Gasteiger partial charge in [0.2, 0.25) is 5.91 Å². The molecule has 1 atom stereocenters. The maximum atomic E-state index is 11.9. The number of anilines is 1. The highest BCUT2D eigenvalue weighted by Gasteiger charge is 2.31. The summed E-state index contributed by atoms with van der Waals surface area (Å²) in [5.41, 5.74) is 1.25. The molecular weight excluding hydrogens is 252 g/mol. The minimum absolute atomic E-state index is 0.0393. The normalized spacial score (nSPS) is 24.4. The molecule has 1 aromatic rings. The average Bonchev–Trinajstić information content (AvgIpc) is 2.81. The Morgan fingerprint density at radius 3 is 2.45 bits per heavy atom. The molecule has 20 heavy (non-hydrogen) atoms. The van der Waals surface area contributed by atoms with Crippen molar-refractivity contribution >= 4 is 11.6 Å². The number of rotatable bonds is 3. The van der Waals surface area contributed by atoms with Gasteiger partial charge in [-0.3, -0.25) is 9.78 Å². The number of piperidine rings is 1.